The summed E-state index contributed by atoms with van der Waals surface area (Å²) in [6, 6.07) is 2.65. The number of fused-ring (bicyclic) bond motifs is 2. The summed E-state index contributed by atoms with van der Waals surface area (Å²) in [6.45, 7) is 7.77. The highest BCUT2D eigenvalue weighted by molar-refractivity contribution is 7.24. The standard InChI is InChI=1S/C44H54N8O8S2/c1-23-27-19-33(29-21-45-39(47-29)31-7-5-13-51(31)41(53)35(49-43(55)57-3)25-9-15-59-16-10-25)62-38(27)24(2)28-20-34(61-37(23)28)30-22-46-40(48-30)32-8-6-14-52(32)42(54)36(50-44(56)58-4)26-11-17-60-18-12-26/h19-22,25-26,31-32,35-36H,5-18H2,1-4H3,(H,45,47)(H,46,48)(H,49,55)(H,50,56)/t31-,32-,35-,36-/m0/s1. The summed E-state index contributed by atoms with van der Waals surface area (Å²) in [7, 11) is 2.63. The smallest absolute Gasteiger partial charge is 0.407 e. The Balaban J connectivity index is 0.937. The number of aromatic nitrogens is 4. The summed E-state index contributed by atoms with van der Waals surface area (Å²) >= 11 is 3.46. The second-order valence-electron chi connectivity index (χ2n) is 16.8. The number of aryl methyl sites for hydroxylation is 2. The first-order valence-corrected chi connectivity index (χ1v) is 23.3. The molecule has 0 saturated carbocycles. The van der Waals surface area contributed by atoms with Crippen molar-refractivity contribution < 1.29 is 38.1 Å². The molecule has 4 saturated heterocycles. The van der Waals surface area contributed by atoms with Crippen LogP contribution in [0.15, 0.2) is 24.5 Å². The van der Waals surface area contributed by atoms with Crippen LogP contribution in [0.5, 0.6) is 0 Å². The molecule has 0 radical (unpaired) electrons. The van der Waals surface area contributed by atoms with Crippen LogP contribution in [-0.2, 0) is 28.5 Å². The van der Waals surface area contributed by atoms with Crippen molar-refractivity contribution >= 4 is 66.8 Å². The number of likely N-dealkylation sites (tertiary alicyclic amines) is 2. The van der Waals surface area contributed by atoms with E-state index in [4.69, 9.17) is 28.9 Å². The minimum absolute atomic E-state index is 0.0312. The number of alkyl carbamates (subject to hydrolysis) is 2. The van der Waals surface area contributed by atoms with E-state index in [9.17, 15) is 19.2 Å². The molecule has 0 spiro atoms. The number of rotatable bonds is 10. The van der Waals surface area contributed by atoms with Crippen molar-refractivity contribution in [2.75, 3.05) is 53.7 Å². The van der Waals surface area contributed by atoms with Gasteiger partial charge in [-0.25, -0.2) is 19.6 Å². The molecule has 4 aliphatic rings. The van der Waals surface area contributed by atoms with Crippen LogP contribution in [0.2, 0.25) is 0 Å². The molecular formula is C44H54N8O8S2. The topological polar surface area (TPSA) is 193 Å². The third kappa shape index (κ3) is 8.05. The van der Waals surface area contributed by atoms with Crippen molar-refractivity contribution in [2.24, 2.45) is 11.8 Å². The Morgan fingerprint density at radius 1 is 0.677 bits per heavy atom. The third-order valence-electron chi connectivity index (χ3n) is 13.3. The molecule has 4 N–H and O–H groups in total. The molecule has 1 aromatic carbocycles. The molecule has 62 heavy (non-hydrogen) atoms. The van der Waals surface area contributed by atoms with Gasteiger partial charge in [-0.2, -0.15) is 0 Å². The van der Waals surface area contributed by atoms with Gasteiger partial charge in [-0.05, 0) is 111 Å². The Bertz CT molecular complexity index is 2240. The van der Waals surface area contributed by atoms with Gasteiger partial charge in [-0.15, -0.1) is 22.7 Å². The SMILES string of the molecule is COC(=O)N[C@H](C(=O)N1CCC[C@H]1c1ncc(-c2cc3c(C)c4sc(-c5cnc([C@@H]6CCCN6C(=O)[C@@H](NC(=O)OC)C6CCOCC6)[nH]5)cc4c(C)c3s2)[nH]1)C1CCOCC1. The zero-order valence-corrected chi connectivity index (χ0v) is 37.2. The summed E-state index contributed by atoms with van der Waals surface area (Å²) in [5.41, 5.74) is 4.21. The number of aromatic amines is 2. The molecule has 330 valence electrons. The number of carbonyl (C=O) groups excluding carboxylic acids is 4. The van der Waals surface area contributed by atoms with E-state index in [1.165, 1.54) is 45.5 Å². The van der Waals surface area contributed by atoms with E-state index in [-0.39, 0.29) is 35.7 Å². The number of methoxy groups -OCH3 is 2. The number of amides is 4. The zero-order chi connectivity index (χ0) is 43.1. The van der Waals surface area contributed by atoms with Crippen LogP contribution in [0, 0.1) is 25.7 Å². The summed E-state index contributed by atoms with van der Waals surface area (Å²) in [5, 5.41) is 8.04. The van der Waals surface area contributed by atoms with Crippen molar-refractivity contribution in [3.05, 3.63) is 47.3 Å². The number of nitrogens with one attached hydrogen (secondary N) is 4. The number of ether oxygens (including phenoxy) is 4. The number of nitrogens with zero attached hydrogens (tertiary/aromatic N) is 4. The number of imidazole rings is 2. The van der Waals surface area contributed by atoms with Crippen molar-refractivity contribution in [3.63, 3.8) is 0 Å². The van der Waals surface area contributed by atoms with Gasteiger partial charge in [0.25, 0.3) is 0 Å². The van der Waals surface area contributed by atoms with E-state index in [2.05, 4.69) is 46.6 Å². The quantitative estimate of drug-likeness (QED) is 0.112. The monoisotopic (exact) mass is 886 g/mol. The lowest BCUT2D eigenvalue weighted by Crippen LogP contribution is -2.53. The maximum absolute atomic E-state index is 14.1. The second-order valence-corrected chi connectivity index (χ2v) is 18.9. The fourth-order valence-corrected chi connectivity index (χ4v) is 12.3. The van der Waals surface area contributed by atoms with E-state index in [1.807, 2.05) is 22.2 Å². The minimum Gasteiger partial charge on any atom is -0.453 e. The molecule has 4 amide bonds. The van der Waals surface area contributed by atoms with Crippen LogP contribution < -0.4 is 10.6 Å². The fourth-order valence-electron chi connectivity index (χ4n) is 9.89. The molecular weight excluding hydrogens is 833 g/mol. The van der Waals surface area contributed by atoms with Gasteiger partial charge in [0, 0.05) is 48.9 Å². The van der Waals surface area contributed by atoms with E-state index in [1.54, 1.807) is 22.7 Å². The van der Waals surface area contributed by atoms with Gasteiger partial charge < -0.3 is 49.3 Å². The lowest BCUT2D eigenvalue weighted by molar-refractivity contribution is -0.137. The van der Waals surface area contributed by atoms with Crippen molar-refractivity contribution in [1.82, 2.24) is 40.4 Å². The van der Waals surface area contributed by atoms with Crippen molar-refractivity contribution in [3.8, 4) is 21.1 Å². The fraction of sp³-hybridized carbons (Fsp3) is 0.545. The predicted octanol–water partition coefficient (Wildman–Crippen LogP) is 7.14. The van der Waals surface area contributed by atoms with Gasteiger partial charge in [0.1, 0.15) is 23.7 Å². The summed E-state index contributed by atoms with van der Waals surface area (Å²) in [6.07, 6.45) is 8.53. The maximum Gasteiger partial charge on any atom is 0.407 e. The number of thiophene rings is 2. The summed E-state index contributed by atoms with van der Waals surface area (Å²) in [4.78, 5) is 75.5. The van der Waals surface area contributed by atoms with Gasteiger partial charge in [-0.1, -0.05) is 0 Å². The van der Waals surface area contributed by atoms with Gasteiger partial charge in [0.15, 0.2) is 0 Å². The van der Waals surface area contributed by atoms with Crippen molar-refractivity contribution in [1.29, 1.82) is 0 Å². The Morgan fingerprint density at radius 3 is 1.47 bits per heavy atom. The van der Waals surface area contributed by atoms with E-state index in [0.29, 0.717) is 65.2 Å². The molecule has 4 fully saturated rings. The first-order chi connectivity index (χ1) is 30.1. The first-order valence-electron chi connectivity index (χ1n) is 21.7. The number of benzene rings is 1. The highest BCUT2D eigenvalue weighted by Gasteiger charge is 2.42. The van der Waals surface area contributed by atoms with Crippen LogP contribution >= 0.6 is 22.7 Å². The van der Waals surface area contributed by atoms with Crippen LogP contribution in [-0.4, -0.2) is 120 Å². The first kappa shape index (κ1) is 42.3. The maximum atomic E-state index is 14.1. The third-order valence-corrected chi connectivity index (χ3v) is 15.9. The lowest BCUT2D eigenvalue weighted by atomic mass is 9.90. The molecule has 9 rings (SSSR count). The highest BCUT2D eigenvalue weighted by Crippen LogP contribution is 2.46. The van der Waals surface area contributed by atoms with Gasteiger partial charge in [-0.3, -0.25) is 9.59 Å². The number of H-pyrrole nitrogens is 2. The Labute approximate surface area is 367 Å². The molecule has 0 aliphatic carbocycles. The van der Waals surface area contributed by atoms with Gasteiger partial charge in [0.2, 0.25) is 11.8 Å². The number of carbonyl (C=O) groups is 4. The number of hydrogen-bond acceptors (Lipinski definition) is 12. The Morgan fingerprint density at radius 2 is 1.08 bits per heavy atom. The minimum atomic E-state index is -0.688. The van der Waals surface area contributed by atoms with Crippen LogP contribution in [0.1, 0.15) is 86.2 Å². The second kappa shape index (κ2) is 18.0. The van der Waals surface area contributed by atoms with Crippen molar-refractivity contribution in [2.45, 2.75) is 89.4 Å². The van der Waals surface area contributed by atoms with Gasteiger partial charge in [0.05, 0.1) is 59.8 Å². The van der Waals surface area contributed by atoms with E-state index in [0.717, 1.165) is 58.5 Å². The largest absolute Gasteiger partial charge is 0.453 e. The average Bonchev–Trinajstić information content (AvgIpc) is 4.15. The zero-order valence-electron chi connectivity index (χ0n) is 35.5. The summed E-state index contributed by atoms with van der Waals surface area (Å²) in [5.74, 6) is 1.20. The van der Waals surface area contributed by atoms with E-state index < -0.39 is 24.3 Å². The highest BCUT2D eigenvalue weighted by atomic mass is 32.1. The molecule has 0 unspecified atom stereocenters. The van der Waals surface area contributed by atoms with Crippen LogP contribution in [0.4, 0.5) is 9.59 Å². The predicted molar refractivity (Wildman–Crippen MR) is 235 cm³/mol. The molecule has 16 nitrogen and oxygen atoms in total. The normalized spacial score (nSPS) is 21.1. The molecule has 18 heteroatoms. The van der Waals surface area contributed by atoms with E-state index >= 15 is 0 Å². The van der Waals surface area contributed by atoms with Crippen LogP contribution in [0.25, 0.3) is 41.3 Å². The average molecular weight is 887 g/mol. The lowest BCUT2D eigenvalue weighted by Gasteiger charge is -2.34. The molecule has 4 aliphatic heterocycles. The van der Waals surface area contributed by atoms with Gasteiger partial charge >= 0.3 is 12.2 Å². The van der Waals surface area contributed by atoms with Crippen LogP contribution in [0.3, 0.4) is 0 Å². The molecule has 8 heterocycles. The Kier molecular flexibility index (Phi) is 12.3. The number of hydrogen-bond donors (Lipinski definition) is 4. The molecule has 5 aromatic rings. The summed E-state index contributed by atoms with van der Waals surface area (Å²) < 4.78 is 23.3. The molecule has 0 bridgehead atoms. The Hall–Kier alpha value is -5.04. The molecule has 4 aromatic heterocycles. The molecule has 4 atom stereocenters.